The Labute approximate surface area is 212 Å². The Hall–Kier alpha value is -3.43. The molecule has 2 rings (SSSR count). The molecule has 0 saturated carbocycles. The molecule has 10 nitrogen and oxygen atoms in total. The van der Waals surface area contributed by atoms with Crippen molar-refractivity contribution < 1.29 is 28.7 Å². The van der Waals surface area contributed by atoms with E-state index in [0.29, 0.717) is 24.2 Å². The molecule has 0 bridgehead atoms. The van der Waals surface area contributed by atoms with E-state index in [1.165, 1.54) is 7.11 Å². The first-order chi connectivity index (χ1) is 16.9. The molecule has 10 heteroatoms. The number of methoxy groups -OCH3 is 1. The number of carbonyl (C=O) groups is 5. The zero-order chi connectivity index (χ0) is 27.0. The van der Waals surface area contributed by atoms with E-state index in [9.17, 15) is 24.0 Å². The van der Waals surface area contributed by atoms with Gasteiger partial charge in [-0.15, -0.1) is 0 Å². The van der Waals surface area contributed by atoms with Gasteiger partial charge in [0.1, 0.15) is 17.8 Å². The van der Waals surface area contributed by atoms with Crippen molar-refractivity contribution in [2.45, 2.75) is 71.4 Å². The maximum absolute atomic E-state index is 13.2. The van der Waals surface area contributed by atoms with Crippen molar-refractivity contribution in [2.75, 3.05) is 13.7 Å². The number of benzene rings is 1. The SMILES string of the molecule is COc1ccc2c(c1)C(CC(=O)N[C@H](CC(C)C)C(=O)N[C@H](CC(C)C)C(=O)NCC(N)=O)CC2=O. The molecular formula is C26H38N4O6. The summed E-state index contributed by atoms with van der Waals surface area (Å²) >= 11 is 0. The number of carbonyl (C=O) groups excluding carboxylic acids is 5. The standard InChI is InChI=1S/C26H38N4O6/c1-14(2)8-20(25(34)28-13-23(27)32)30-26(35)21(9-15(3)4)29-24(33)11-16-10-22(31)18-7-6-17(36-5)12-19(16)18/h6-7,12,14-16,20-21H,8-11,13H2,1-5H3,(H2,27,32)(H,28,34)(H,29,33)(H,30,35)/t16?,20-,21-/m1/s1. The lowest BCUT2D eigenvalue weighted by Crippen LogP contribution is -2.55. The van der Waals surface area contributed by atoms with E-state index in [0.717, 1.165) is 5.56 Å². The van der Waals surface area contributed by atoms with Gasteiger partial charge in [-0.2, -0.15) is 0 Å². The fourth-order valence-electron chi connectivity index (χ4n) is 4.34. The summed E-state index contributed by atoms with van der Waals surface area (Å²) in [5, 5.41) is 7.95. The summed E-state index contributed by atoms with van der Waals surface area (Å²) in [6.45, 7) is 7.33. The predicted molar refractivity (Wildman–Crippen MR) is 134 cm³/mol. The number of ketones is 1. The van der Waals surface area contributed by atoms with Crippen LogP contribution >= 0.6 is 0 Å². The van der Waals surface area contributed by atoms with Crippen LogP contribution in [0.15, 0.2) is 18.2 Å². The van der Waals surface area contributed by atoms with E-state index in [1.807, 2.05) is 27.7 Å². The molecule has 0 heterocycles. The molecule has 1 unspecified atom stereocenters. The normalized spacial score (nSPS) is 16.3. The van der Waals surface area contributed by atoms with Crippen LogP contribution in [0.2, 0.25) is 0 Å². The number of nitrogens with one attached hydrogen (secondary N) is 3. The highest BCUT2D eigenvalue weighted by Gasteiger charge is 2.33. The Kier molecular flexibility index (Phi) is 10.4. The van der Waals surface area contributed by atoms with Gasteiger partial charge in [0.15, 0.2) is 5.78 Å². The Morgan fingerprint density at radius 2 is 1.61 bits per heavy atom. The topological polar surface area (TPSA) is 157 Å². The van der Waals surface area contributed by atoms with Crippen LogP contribution in [0.1, 0.15) is 75.2 Å². The zero-order valence-corrected chi connectivity index (χ0v) is 21.7. The Bertz CT molecular complexity index is 991. The van der Waals surface area contributed by atoms with Crippen molar-refractivity contribution in [2.24, 2.45) is 17.6 Å². The number of hydrogen-bond donors (Lipinski definition) is 4. The third kappa shape index (κ3) is 8.35. The molecule has 0 aromatic heterocycles. The summed E-state index contributed by atoms with van der Waals surface area (Å²) < 4.78 is 5.26. The van der Waals surface area contributed by atoms with Crippen LogP contribution in [0, 0.1) is 11.8 Å². The molecular weight excluding hydrogens is 464 g/mol. The van der Waals surface area contributed by atoms with Crippen LogP contribution in [0.4, 0.5) is 0 Å². The lowest BCUT2D eigenvalue weighted by atomic mass is 9.96. The summed E-state index contributed by atoms with van der Waals surface area (Å²) in [5.41, 5.74) is 6.46. The van der Waals surface area contributed by atoms with E-state index in [2.05, 4.69) is 16.0 Å². The summed E-state index contributed by atoms with van der Waals surface area (Å²) in [6.07, 6.45) is 0.972. The van der Waals surface area contributed by atoms with E-state index >= 15 is 0 Å². The van der Waals surface area contributed by atoms with E-state index < -0.39 is 29.8 Å². The molecule has 1 aliphatic rings. The first-order valence-electron chi connectivity index (χ1n) is 12.3. The number of Topliss-reactive ketones (excluding diaryl/α,β-unsaturated/α-hetero) is 1. The first-order valence-corrected chi connectivity index (χ1v) is 12.3. The van der Waals surface area contributed by atoms with Crippen molar-refractivity contribution in [1.29, 1.82) is 0 Å². The molecule has 1 aliphatic carbocycles. The molecule has 3 atom stereocenters. The second-order valence-corrected chi connectivity index (χ2v) is 10.1. The average Bonchev–Trinajstić information content (AvgIpc) is 3.09. The summed E-state index contributed by atoms with van der Waals surface area (Å²) in [4.78, 5) is 62.1. The number of primary amides is 1. The van der Waals surface area contributed by atoms with E-state index in [4.69, 9.17) is 10.5 Å². The number of amides is 4. The second kappa shape index (κ2) is 13.0. The number of ether oxygens (including phenoxy) is 1. The molecule has 0 spiro atoms. The average molecular weight is 503 g/mol. The lowest BCUT2D eigenvalue weighted by molar-refractivity contribution is -0.133. The molecule has 1 aromatic carbocycles. The van der Waals surface area contributed by atoms with Crippen LogP contribution < -0.4 is 26.4 Å². The van der Waals surface area contributed by atoms with Crippen LogP contribution in [-0.2, 0) is 19.2 Å². The van der Waals surface area contributed by atoms with Crippen molar-refractivity contribution in [3.63, 3.8) is 0 Å². The monoisotopic (exact) mass is 502 g/mol. The fraction of sp³-hybridized carbons (Fsp3) is 0.577. The number of hydrogen-bond acceptors (Lipinski definition) is 6. The Morgan fingerprint density at radius 3 is 2.17 bits per heavy atom. The van der Waals surface area contributed by atoms with Crippen LogP contribution in [0.25, 0.3) is 0 Å². The summed E-state index contributed by atoms with van der Waals surface area (Å²) in [7, 11) is 1.54. The number of rotatable bonds is 13. The first kappa shape index (κ1) is 28.8. The third-order valence-corrected chi connectivity index (χ3v) is 6.00. The van der Waals surface area contributed by atoms with Gasteiger partial charge in [0, 0.05) is 24.3 Å². The maximum atomic E-state index is 13.2. The molecule has 0 saturated heterocycles. The summed E-state index contributed by atoms with van der Waals surface area (Å²) in [5.74, 6) is -1.59. The molecule has 4 amide bonds. The van der Waals surface area contributed by atoms with Gasteiger partial charge >= 0.3 is 0 Å². The second-order valence-electron chi connectivity index (χ2n) is 10.1. The highest BCUT2D eigenvalue weighted by Crippen LogP contribution is 2.37. The largest absolute Gasteiger partial charge is 0.497 e. The van der Waals surface area contributed by atoms with E-state index in [1.54, 1.807) is 18.2 Å². The van der Waals surface area contributed by atoms with Crippen molar-refractivity contribution >= 4 is 29.4 Å². The smallest absolute Gasteiger partial charge is 0.243 e. The van der Waals surface area contributed by atoms with Gasteiger partial charge < -0.3 is 26.4 Å². The number of fused-ring (bicyclic) bond motifs is 1. The van der Waals surface area contributed by atoms with Crippen molar-refractivity contribution in [1.82, 2.24) is 16.0 Å². The maximum Gasteiger partial charge on any atom is 0.243 e. The quantitative estimate of drug-likeness (QED) is 0.319. The minimum absolute atomic E-state index is 0.0274. The molecule has 0 radical (unpaired) electrons. The Balaban J connectivity index is 2.11. The van der Waals surface area contributed by atoms with Gasteiger partial charge in [0.25, 0.3) is 0 Å². The summed E-state index contributed by atoms with van der Waals surface area (Å²) in [6, 6.07) is 3.46. The van der Waals surface area contributed by atoms with Gasteiger partial charge in [-0.05, 0) is 48.4 Å². The molecule has 0 fully saturated rings. The van der Waals surface area contributed by atoms with Gasteiger partial charge in [0.05, 0.1) is 13.7 Å². The molecule has 1 aromatic rings. The van der Waals surface area contributed by atoms with Gasteiger partial charge in [-0.25, -0.2) is 0 Å². The molecule has 198 valence electrons. The van der Waals surface area contributed by atoms with Crippen LogP contribution in [-0.4, -0.2) is 55.2 Å². The minimum atomic E-state index is -0.879. The predicted octanol–water partition coefficient (Wildman–Crippen LogP) is 1.42. The molecule has 5 N–H and O–H groups in total. The van der Waals surface area contributed by atoms with Crippen molar-refractivity contribution in [3.05, 3.63) is 29.3 Å². The lowest BCUT2D eigenvalue weighted by Gasteiger charge is -2.25. The Morgan fingerprint density at radius 1 is 1.00 bits per heavy atom. The van der Waals surface area contributed by atoms with Gasteiger partial charge in [0.2, 0.25) is 23.6 Å². The van der Waals surface area contributed by atoms with Crippen LogP contribution in [0.5, 0.6) is 5.75 Å². The zero-order valence-electron chi connectivity index (χ0n) is 21.7. The third-order valence-electron chi connectivity index (χ3n) is 6.00. The highest BCUT2D eigenvalue weighted by molar-refractivity contribution is 6.02. The van der Waals surface area contributed by atoms with Gasteiger partial charge in [-0.1, -0.05) is 27.7 Å². The minimum Gasteiger partial charge on any atom is -0.497 e. The van der Waals surface area contributed by atoms with Gasteiger partial charge in [-0.3, -0.25) is 24.0 Å². The molecule has 36 heavy (non-hydrogen) atoms. The number of nitrogens with two attached hydrogens (primary N) is 1. The fourth-order valence-corrected chi connectivity index (χ4v) is 4.34. The molecule has 0 aliphatic heterocycles. The van der Waals surface area contributed by atoms with E-state index in [-0.39, 0.29) is 48.8 Å². The van der Waals surface area contributed by atoms with Crippen LogP contribution in [0.3, 0.4) is 0 Å². The highest BCUT2D eigenvalue weighted by atomic mass is 16.5. The van der Waals surface area contributed by atoms with Crippen molar-refractivity contribution in [3.8, 4) is 5.75 Å².